The third-order valence-electron chi connectivity index (χ3n) is 3.44. The summed E-state index contributed by atoms with van der Waals surface area (Å²) in [7, 11) is 1.68. The molecular weight excluding hydrogens is 352 g/mol. The minimum Gasteiger partial charge on any atom is -0.496 e. The number of benzene rings is 2. The van der Waals surface area contributed by atoms with Crippen molar-refractivity contribution in [2.24, 2.45) is 0 Å². The number of aromatic nitrogens is 2. The summed E-state index contributed by atoms with van der Waals surface area (Å²) in [5.74, 6) is 2.06. The molecular formula is C16H14BrClN2O. The maximum absolute atomic E-state index is 6.07. The molecule has 0 N–H and O–H groups in total. The van der Waals surface area contributed by atoms with Gasteiger partial charge in [-0.15, -0.1) is 11.6 Å². The number of imidazole rings is 1. The van der Waals surface area contributed by atoms with Crippen LogP contribution in [0.15, 0.2) is 40.9 Å². The molecule has 3 rings (SSSR count). The van der Waals surface area contributed by atoms with E-state index >= 15 is 0 Å². The molecule has 0 fully saturated rings. The smallest absolute Gasteiger partial charge is 0.129 e. The first kappa shape index (κ1) is 14.4. The van der Waals surface area contributed by atoms with E-state index in [0.717, 1.165) is 38.3 Å². The van der Waals surface area contributed by atoms with Gasteiger partial charge in [0, 0.05) is 10.2 Å². The van der Waals surface area contributed by atoms with Crippen LogP contribution in [0.2, 0.25) is 0 Å². The van der Waals surface area contributed by atoms with Crippen LogP contribution in [0.5, 0.6) is 5.75 Å². The van der Waals surface area contributed by atoms with E-state index in [-0.39, 0.29) is 0 Å². The molecule has 0 aliphatic rings. The van der Waals surface area contributed by atoms with Gasteiger partial charge in [0.25, 0.3) is 0 Å². The second kappa shape index (κ2) is 5.70. The van der Waals surface area contributed by atoms with E-state index in [1.54, 1.807) is 7.11 Å². The van der Waals surface area contributed by atoms with Crippen molar-refractivity contribution in [2.45, 2.75) is 12.8 Å². The fraction of sp³-hybridized carbons (Fsp3) is 0.188. The fourth-order valence-corrected chi connectivity index (χ4v) is 3.01. The summed E-state index contributed by atoms with van der Waals surface area (Å²) in [5, 5.41) is 0. The monoisotopic (exact) mass is 364 g/mol. The lowest BCUT2D eigenvalue weighted by Crippen LogP contribution is -2.00. The summed E-state index contributed by atoms with van der Waals surface area (Å²) < 4.78 is 8.41. The van der Waals surface area contributed by atoms with Crippen molar-refractivity contribution in [3.63, 3.8) is 0 Å². The second-order valence-corrected chi connectivity index (χ2v) is 5.97. The predicted octanol–water partition coefficient (Wildman–Crippen LogP) is 4.84. The van der Waals surface area contributed by atoms with Gasteiger partial charge in [-0.1, -0.05) is 15.9 Å². The van der Waals surface area contributed by atoms with Crippen molar-refractivity contribution in [3.8, 4) is 11.4 Å². The molecule has 0 amide bonds. The van der Waals surface area contributed by atoms with Crippen LogP contribution >= 0.6 is 27.5 Å². The molecule has 0 aliphatic carbocycles. The molecule has 0 unspecified atom stereocenters. The first-order valence-electron chi connectivity index (χ1n) is 6.52. The molecule has 0 saturated heterocycles. The molecule has 3 aromatic rings. The Morgan fingerprint density at radius 1 is 1.24 bits per heavy atom. The van der Waals surface area contributed by atoms with Crippen LogP contribution in [0.4, 0.5) is 0 Å². The van der Waals surface area contributed by atoms with Gasteiger partial charge in [0.1, 0.15) is 11.6 Å². The Kier molecular flexibility index (Phi) is 3.91. The number of aryl methyl sites for hydroxylation is 1. The van der Waals surface area contributed by atoms with Crippen LogP contribution in [0.25, 0.3) is 16.7 Å². The van der Waals surface area contributed by atoms with E-state index < -0.39 is 0 Å². The van der Waals surface area contributed by atoms with Gasteiger partial charge in [0.2, 0.25) is 0 Å². The van der Waals surface area contributed by atoms with Gasteiger partial charge in [-0.2, -0.15) is 0 Å². The zero-order valence-electron chi connectivity index (χ0n) is 11.7. The highest BCUT2D eigenvalue weighted by atomic mass is 79.9. The minimum absolute atomic E-state index is 0.359. The third-order valence-corrected chi connectivity index (χ3v) is 4.17. The zero-order valence-corrected chi connectivity index (χ0v) is 14.1. The van der Waals surface area contributed by atoms with E-state index in [0.29, 0.717) is 5.88 Å². The Labute approximate surface area is 136 Å². The van der Waals surface area contributed by atoms with Gasteiger partial charge >= 0.3 is 0 Å². The van der Waals surface area contributed by atoms with Crippen molar-refractivity contribution < 1.29 is 4.74 Å². The third kappa shape index (κ3) is 2.54. The van der Waals surface area contributed by atoms with Crippen molar-refractivity contribution in [3.05, 3.63) is 52.3 Å². The maximum atomic E-state index is 6.07. The first-order chi connectivity index (χ1) is 10.1. The van der Waals surface area contributed by atoms with E-state index in [1.807, 2.05) is 37.3 Å². The maximum Gasteiger partial charge on any atom is 0.129 e. The highest BCUT2D eigenvalue weighted by Gasteiger charge is 2.13. The molecule has 2 aromatic carbocycles. The quantitative estimate of drug-likeness (QED) is 0.621. The van der Waals surface area contributed by atoms with E-state index in [1.165, 1.54) is 0 Å². The van der Waals surface area contributed by atoms with E-state index in [4.69, 9.17) is 16.3 Å². The van der Waals surface area contributed by atoms with Gasteiger partial charge in [0.15, 0.2) is 0 Å². The highest BCUT2D eigenvalue weighted by Crippen LogP contribution is 2.28. The van der Waals surface area contributed by atoms with Gasteiger partial charge < -0.3 is 4.74 Å². The van der Waals surface area contributed by atoms with Crippen molar-refractivity contribution in [1.82, 2.24) is 9.55 Å². The molecule has 0 atom stereocenters. The minimum atomic E-state index is 0.359. The molecule has 0 aliphatic heterocycles. The number of fused-ring (bicyclic) bond motifs is 1. The van der Waals surface area contributed by atoms with Gasteiger partial charge in [-0.3, -0.25) is 4.57 Å². The Balaban J connectivity index is 2.25. The topological polar surface area (TPSA) is 27.1 Å². The molecule has 5 heteroatoms. The molecule has 0 bridgehead atoms. The van der Waals surface area contributed by atoms with Gasteiger partial charge in [-0.05, 0) is 48.9 Å². The number of methoxy groups -OCH3 is 1. The Hall–Kier alpha value is -1.52. The number of ether oxygens (including phenoxy) is 1. The van der Waals surface area contributed by atoms with Crippen molar-refractivity contribution in [1.29, 1.82) is 0 Å². The average Bonchev–Trinajstić information content (AvgIpc) is 2.84. The molecule has 0 spiro atoms. The standard InChI is InChI=1S/C16H14BrClN2O/c1-10-7-12(4-6-15(10)21-2)20-14-5-3-11(17)8-13(14)19-16(20)9-18/h3-8H,9H2,1-2H3. The number of rotatable bonds is 3. The number of hydrogen-bond acceptors (Lipinski definition) is 2. The summed E-state index contributed by atoms with van der Waals surface area (Å²) in [5.41, 5.74) is 4.08. The fourth-order valence-electron chi connectivity index (χ4n) is 2.48. The normalized spacial score (nSPS) is 11.0. The molecule has 1 aromatic heterocycles. The van der Waals surface area contributed by atoms with Crippen LogP contribution in [-0.2, 0) is 5.88 Å². The average molecular weight is 366 g/mol. The lowest BCUT2D eigenvalue weighted by atomic mass is 10.2. The van der Waals surface area contributed by atoms with Crippen LogP contribution in [0.3, 0.4) is 0 Å². The van der Waals surface area contributed by atoms with Crippen LogP contribution in [0.1, 0.15) is 11.4 Å². The first-order valence-corrected chi connectivity index (χ1v) is 7.84. The SMILES string of the molecule is COc1ccc(-n2c(CCl)nc3cc(Br)ccc32)cc1C. The van der Waals surface area contributed by atoms with Gasteiger partial charge in [0.05, 0.1) is 24.0 Å². The van der Waals surface area contributed by atoms with E-state index in [9.17, 15) is 0 Å². The lowest BCUT2D eigenvalue weighted by molar-refractivity contribution is 0.411. The molecule has 21 heavy (non-hydrogen) atoms. The van der Waals surface area contributed by atoms with Gasteiger partial charge in [-0.25, -0.2) is 4.98 Å². The summed E-state index contributed by atoms with van der Waals surface area (Å²) in [6.07, 6.45) is 0. The highest BCUT2D eigenvalue weighted by molar-refractivity contribution is 9.10. The number of halogens is 2. The molecule has 108 valence electrons. The van der Waals surface area contributed by atoms with Crippen molar-refractivity contribution >= 4 is 38.6 Å². The summed E-state index contributed by atoms with van der Waals surface area (Å²) in [6.45, 7) is 2.03. The summed E-state index contributed by atoms with van der Waals surface area (Å²) >= 11 is 9.55. The number of alkyl halides is 1. The Bertz CT molecular complexity index is 813. The Morgan fingerprint density at radius 3 is 2.71 bits per heavy atom. The molecule has 1 heterocycles. The number of nitrogens with zero attached hydrogens (tertiary/aromatic N) is 2. The largest absolute Gasteiger partial charge is 0.496 e. The van der Waals surface area contributed by atoms with E-state index in [2.05, 4.69) is 31.5 Å². The van der Waals surface area contributed by atoms with Crippen LogP contribution in [-0.4, -0.2) is 16.7 Å². The van der Waals surface area contributed by atoms with Crippen LogP contribution in [0, 0.1) is 6.92 Å². The lowest BCUT2D eigenvalue weighted by Gasteiger charge is -2.11. The number of hydrogen-bond donors (Lipinski definition) is 0. The van der Waals surface area contributed by atoms with Crippen LogP contribution < -0.4 is 4.74 Å². The summed E-state index contributed by atoms with van der Waals surface area (Å²) in [4.78, 5) is 4.61. The predicted molar refractivity (Wildman–Crippen MR) is 89.6 cm³/mol. The summed E-state index contributed by atoms with van der Waals surface area (Å²) in [6, 6.07) is 12.1. The zero-order chi connectivity index (χ0) is 15.0. The molecule has 0 saturated carbocycles. The van der Waals surface area contributed by atoms with Crippen molar-refractivity contribution in [2.75, 3.05) is 7.11 Å². The second-order valence-electron chi connectivity index (χ2n) is 4.78. The molecule has 3 nitrogen and oxygen atoms in total. The Morgan fingerprint density at radius 2 is 2.05 bits per heavy atom. The molecule has 0 radical (unpaired) electrons.